The molecule has 2 aromatic rings. The van der Waals surface area contributed by atoms with Crippen LogP contribution in [0.4, 0.5) is 0 Å². The van der Waals surface area contributed by atoms with E-state index in [0.29, 0.717) is 6.42 Å². The van der Waals surface area contributed by atoms with E-state index in [0.717, 1.165) is 43.7 Å². The second kappa shape index (κ2) is 6.48. The second-order valence-corrected chi connectivity index (χ2v) is 6.31. The van der Waals surface area contributed by atoms with Crippen LogP contribution in [0.1, 0.15) is 49.3 Å². The van der Waals surface area contributed by atoms with E-state index in [1.165, 1.54) is 5.56 Å². The van der Waals surface area contributed by atoms with Gasteiger partial charge in [-0.05, 0) is 53.8 Å². The molecule has 0 bridgehead atoms. The lowest BCUT2D eigenvalue weighted by Crippen LogP contribution is -2.30. The maximum absolute atomic E-state index is 12.5. The van der Waals surface area contributed by atoms with Crippen molar-refractivity contribution in [2.45, 2.75) is 45.1 Å². The van der Waals surface area contributed by atoms with Crippen molar-refractivity contribution in [2.24, 2.45) is 0 Å². The number of furan rings is 1. The Labute approximate surface area is 129 Å². The van der Waals surface area contributed by atoms with Gasteiger partial charge in [-0.25, -0.2) is 0 Å². The zero-order chi connectivity index (χ0) is 14.7. The molecule has 0 aromatic carbocycles. The number of thiophene rings is 1. The first-order valence-corrected chi connectivity index (χ1v) is 8.61. The average molecular weight is 303 g/mol. The standard InChI is InChI=1S/C17H21NO2S/c1-2-14-6-7-16(20-14)15-4-3-10-18(15)17(19)8-5-13-9-11-21-12-13/h6-7,9,11-12,15H,2-5,8,10H2,1H3. The van der Waals surface area contributed by atoms with Crippen LogP contribution < -0.4 is 0 Å². The third kappa shape index (κ3) is 3.21. The second-order valence-electron chi connectivity index (χ2n) is 5.53. The molecule has 0 N–H and O–H groups in total. The fraction of sp³-hybridized carbons (Fsp3) is 0.471. The number of hydrogen-bond donors (Lipinski definition) is 0. The van der Waals surface area contributed by atoms with Gasteiger partial charge in [0.15, 0.2) is 0 Å². The first kappa shape index (κ1) is 14.4. The van der Waals surface area contributed by atoms with E-state index in [1.807, 2.05) is 17.0 Å². The van der Waals surface area contributed by atoms with Crippen LogP contribution in [0, 0.1) is 0 Å². The van der Waals surface area contributed by atoms with Gasteiger partial charge >= 0.3 is 0 Å². The van der Waals surface area contributed by atoms with Crippen molar-refractivity contribution in [1.29, 1.82) is 0 Å². The third-order valence-corrected chi connectivity index (χ3v) is 4.87. The van der Waals surface area contributed by atoms with E-state index in [2.05, 4.69) is 23.8 Å². The molecule has 0 saturated carbocycles. The Balaban J connectivity index is 1.64. The minimum absolute atomic E-state index is 0.139. The van der Waals surface area contributed by atoms with Crippen LogP contribution in [0.5, 0.6) is 0 Å². The Kier molecular flexibility index (Phi) is 4.44. The Morgan fingerprint density at radius 2 is 2.33 bits per heavy atom. The van der Waals surface area contributed by atoms with E-state index in [-0.39, 0.29) is 11.9 Å². The quantitative estimate of drug-likeness (QED) is 0.829. The van der Waals surface area contributed by atoms with Crippen LogP contribution in [-0.4, -0.2) is 17.4 Å². The Morgan fingerprint density at radius 1 is 1.43 bits per heavy atom. The molecule has 112 valence electrons. The van der Waals surface area contributed by atoms with Gasteiger partial charge in [-0.15, -0.1) is 0 Å². The molecule has 3 rings (SSSR count). The summed E-state index contributed by atoms with van der Waals surface area (Å²) in [6.45, 7) is 2.94. The lowest BCUT2D eigenvalue weighted by atomic mass is 10.1. The fourth-order valence-corrected chi connectivity index (χ4v) is 3.66. The smallest absolute Gasteiger partial charge is 0.223 e. The maximum atomic E-state index is 12.5. The Morgan fingerprint density at radius 3 is 3.05 bits per heavy atom. The van der Waals surface area contributed by atoms with Crippen LogP contribution in [0.2, 0.25) is 0 Å². The highest BCUT2D eigenvalue weighted by Crippen LogP contribution is 2.33. The molecule has 4 heteroatoms. The molecule has 3 heterocycles. The minimum Gasteiger partial charge on any atom is -0.464 e. The summed E-state index contributed by atoms with van der Waals surface area (Å²) < 4.78 is 5.86. The van der Waals surface area contributed by atoms with Crippen molar-refractivity contribution in [3.8, 4) is 0 Å². The summed E-state index contributed by atoms with van der Waals surface area (Å²) in [4.78, 5) is 14.5. The van der Waals surface area contributed by atoms with Crippen molar-refractivity contribution in [2.75, 3.05) is 6.54 Å². The number of hydrogen-bond acceptors (Lipinski definition) is 3. The number of carbonyl (C=O) groups is 1. The molecular formula is C17H21NO2S. The number of nitrogens with zero attached hydrogens (tertiary/aromatic N) is 1. The summed E-state index contributed by atoms with van der Waals surface area (Å²) in [6.07, 6.45) is 4.41. The normalized spacial score (nSPS) is 18.3. The van der Waals surface area contributed by atoms with Crippen molar-refractivity contribution < 1.29 is 9.21 Å². The zero-order valence-corrected chi connectivity index (χ0v) is 13.2. The molecule has 1 fully saturated rings. The molecule has 21 heavy (non-hydrogen) atoms. The summed E-state index contributed by atoms with van der Waals surface area (Å²) in [6, 6.07) is 6.30. The molecular weight excluding hydrogens is 282 g/mol. The fourth-order valence-electron chi connectivity index (χ4n) is 2.95. The van der Waals surface area contributed by atoms with Gasteiger partial charge in [-0.1, -0.05) is 6.92 Å². The monoisotopic (exact) mass is 303 g/mol. The van der Waals surface area contributed by atoms with Gasteiger partial charge in [-0.2, -0.15) is 11.3 Å². The van der Waals surface area contributed by atoms with Gasteiger partial charge in [0, 0.05) is 19.4 Å². The third-order valence-electron chi connectivity index (χ3n) is 4.14. The van der Waals surface area contributed by atoms with E-state index < -0.39 is 0 Å². The number of amides is 1. The molecule has 1 aliphatic rings. The number of likely N-dealkylation sites (tertiary alicyclic amines) is 1. The summed E-state index contributed by atoms with van der Waals surface area (Å²) in [5, 5.41) is 4.18. The van der Waals surface area contributed by atoms with Crippen molar-refractivity contribution in [3.63, 3.8) is 0 Å². The maximum Gasteiger partial charge on any atom is 0.223 e. The van der Waals surface area contributed by atoms with Crippen LogP contribution in [-0.2, 0) is 17.6 Å². The van der Waals surface area contributed by atoms with E-state index in [1.54, 1.807) is 11.3 Å². The van der Waals surface area contributed by atoms with Crippen molar-refractivity contribution in [1.82, 2.24) is 4.90 Å². The Bertz CT molecular complexity index is 588. The molecule has 0 aliphatic carbocycles. The molecule has 1 saturated heterocycles. The van der Waals surface area contributed by atoms with E-state index in [9.17, 15) is 4.79 Å². The SMILES string of the molecule is CCc1ccc(C2CCCN2C(=O)CCc2ccsc2)o1. The molecule has 0 radical (unpaired) electrons. The summed E-state index contributed by atoms with van der Waals surface area (Å²) in [5.74, 6) is 2.20. The highest BCUT2D eigenvalue weighted by Gasteiger charge is 2.31. The van der Waals surface area contributed by atoms with E-state index in [4.69, 9.17) is 4.42 Å². The number of aryl methyl sites for hydroxylation is 2. The molecule has 0 spiro atoms. The van der Waals surface area contributed by atoms with Crippen molar-refractivity contribution >= 4 is 17.2 Å². The highest BCUT2D eigenvalue weighted by molar-refractivity contribution is 7.07. The summed E-state index contributed by atoms with van der Waals surface area (Å²) in [5.41, 5.74) is 1.26. The molecule has 1 atom stereocenters. The summed E-state index contributed by atoms with van der Waals surface area (Å²) in [7, 11) is 0. The van der Waals surface area contributed by atoms with Crippen LogP contribution in [0.25, 0.3) is 0 Å². The lowest BCUT2D eigenvalue weighted by Gasteiger charge is -2.23. The highest BCUT2D eigenvalue weighted by atomic mass is 32.1. The molecule has 1 aliphatic heterocycles. The topological polar surface area (TPSA) is 33.5 Å². The number of rotatable bonds is 5. The minimum atomic E-state index is 0.139. The van der Waals surface area contributed by atoms with Gasteiger partial charge in [0.25, 0.3) is 0 Å². The van der Waals surface area contributed by atoms with Gasteiger partial charge in [0.05, 0.1) is 6.04 Å². The van der Waals surface area contributed by atoms with Gasteiger partial charge in [0.2, 0.25) is 5.91 Å². The van der Waals surface area contributed by atoms with Gasteiger partial charge in [0.1, 0.15) is 11.5 Å². The molecule has 3 nitrogen and oxygen atoms in total. The van der Waals surface area contributed by atoms with Crippen LogP contribution in [0.3, 0.4) is 0 Å². The van der Waals surface area contributed by atoms with Gasteiger partial charge in [-0.3, -0.25) is 4.79 Å². The molecule has 1 unspecified atom stereocenters. The predicted octanol–water partition coefficient (Wildman–Crippen LogP) is 4.20. The Hall–Kier alpha value is -1.55. The zero-order valence-electron chi connectivity index (χ0n) is 12.4. The van der Waals surface area contributed by atoms with Crippen molar-refractivity contribution in [3.05, 3.63) is 46.0 Å². The first-order valence-electron chi connectivity index (χ1n) is 7.67. The van der Waals surface area contributed by atoms with Crippen LogP contribution >= 0.6 is 11.3 Å². The predicted molar refractivity (Wildman–Crippen MR) is 84.4 cm³/mol. The van der Waals surface area contributed by atoms with Crippen LogP contribution in [0.15, 0.2) is 33.4 Å². The average Bonchev–Trinajstić information content (AvgIpc) is 3.23. The molecule has 1 amide bonds. The lowest BCUT2D eigenvalue weighted by molar-refractivity contribution is -0.132. The molecule has 2 aromatic heterocycles. The number of carbonyl (C=O) groups excluding carboxylic acids is 1. The van der Waals surface area contributed by atoms with E-state index >= 15 is 0 Å². The summed E-state index contributed by atoms with van der Waals surface area (Å²) >= 11 is 1.69. The largest absolute Gasteiger partial charge is 0.464 e. The first-order chi connectivity index (χ1) is 10.3. The van der Waals surface area contributed by atoms with Gasteiger partial charge < -0.3 is 9.32 Å².